The molecular formula is C16H18OS. The molecule has 2 heteroatoms. The summed E-state index contributed by atoms with van der Waals surface area (Å²) in [7, 11) is 0. The summed E-state index contributed by atoms with van der Waals surface area (Å²) in [5, 5.41) is 10.0. The van der Waals surface area contributed by atoms with Crippen LogP contribution in [0.15, 0.2) is 58.3 Å². The van der Waals surface area contributed by atoms with Crippen LogP contribution >= 0.6 is 11.8 Å². The second kappa shape index (κ2) is 6.07. The molecule has 1 atom stereocenters. The van der Waals surface area contributed by atoms with E-state index in [9.17, 15) is 5.11 Å². The highest BCUT2D eigenvalue weighted by atomic mass is 32.2. The van der Waals surface area contributed by atoms with Crippen molar-refractivity contribution in [2.75, 3.05) is 0 Å². The smallest absolute Gasteiger partial charge is 0.0798 e. The Labute approximate surface area is 113 Å². The van der Waals surface area contributed by atoms with E-state index in [1.165, 1.54) is 10.5 Å². The Morgan fingerprint density at radius 2 is 1.89 bits per heavy atom. The molecule has 0 saturated carbocycles. The Morgan fingerprint density at radius 1 is 1.11 bits per heavy atom. The quantitative estimate of drug-likeness (QED) is 0.865. The maximum absolute atomic E-state index is 10.0. The molecule has 0 fully saturated rings. The molecule has 0 aliphatic heterocycles. The van der Waals surface area contributed by atoms with Gasteiger partial charge in [-0.2, -0.15) is 0 Å². The van der Waals surface area contributed by atoms with Crippen molar-refractivity contribution in [1.82, 2.24) is 0 Å². The van der Waals surface area contributed by atoms with Crippen LogP contribution in [-0.4, -0.2) is 5.11 Å². The highest BCUT2D eigenvalue weighted by Crippen LogP contribution is 2.34. The number of hydrogen-bond donors (Lipinski definition) is 1. The van der Waals surface area contributed by atoms with Gasteiger partial charge in [-0.15, -0.1) is 0 Å². The van der Waals surface area contributed by atoms with Gasteiger partial charge in [-0.1, -0.05) is 54.6 Å². The van der Waals surface area contributed by atoms with Gasteiger partial charge in [-0.05, 0) is 37.1 Å². The van der Waals surface area contributed by atoms with E-state index in [1.54, 1.807) is 11.8 Å². The Bertz CT molecular complexity index is 522. The van der Waals surface area contributed by atoms with Gasteiger partial charge >= 0.3 is 0 Å². The SMILES string of the molecule is CC[C@@H](O)c1ccccc1Sc1cccc(C)c1. The van der Waals surface area contributed by atoms with Crippen LogP contribution < -0.4 is 0 Å². The Balaban J connectivity index is 2.29. The van der Waals surface area contributed by atoms with Crippen LogP contribution in [0.2, 0.25) is 0 Å². The van der Waals surface area contributed by atoms with E-state index in [4.69, 9.17) is 0 Å². The molecule has 0 radical (unpaired) electrons. The summed E-state index contributed by atoms with van der Waals surface area (Å²) in [6.07, 6.45) is 0.365. The first-order valence-electron chi connectivity index (χ1n) is 6.22. The van der Waals surface area contributed by atoms with Crippen LogP contribution in [0.4, 0.5) is 0 Å². The highest BCUT2D eigenvalue weighted by molar-refractivity contribution is 7.99. The van der Waals surface area contributed by atoms with Crippen LogP contribution in [0.1, 0.15) is 30.6 Å². The summed E-state index contributed by atoms with van der Waals surface area (Å²) in [5.74, 6) is 0. The van der Waals surface area contributed by atoms with Crippen LogP contribution in [-0.2, 0) is 0 Å². The van der Waals surface area contributed by atoms with Gasteiger partial charge in [-0.3, -0.25) is 0 Å². The van der Waals surface area contributed by atoms with Gasteiger partial charge in [0.1, 0.15) is 0 Å². The molecule has 0 heterocycles. The maximum atomic E-state index is 10.0. The first-order valence-corrected chi connectivity index (χ1v) is 7.04. The summed E-state index contributed by atoms with van der Waals surface area (Å²) in [4.78, 5) is 2.35. The molecule has 0 unspecified atom stereocenters. The van der Waals surface area contributed by atoms with Crippen molar-refractivity contribution in [1.29, 1.82) is 0 Å². The maximum Gasteiger partial charge on any atom is 0.0798 e. The minimum atomic E-state index is -0.376. The molecule has 0 bridgehead atoms. The zero-order valence-corrected chi connectivity index (χ0v) is 11.6. The van der Waals surface area contributed by atoms with Gasteiger partial charge in [0.15, 0.2) is 0 Å². The van der Waals surface area contributed by atoms with Crippen molar-refractivity contribution >= 4 is 11.8 Å². The molecule has 18 heavy (non-hydrogen) atoms. The molecule has 94 valence electrons. The van der Waals surface area contributed by atoms with Crippen LogP contribution in [0.5, 0.6) is 0 Å². The summed E-state index contributed by atoms with van der Waals surface area (Å²) in [6.45, 7) is 4.09. The van der Waals surface area contributed by atoms with Crippen molar-refractivity contribution < 1.29 is 5.11 Å². The first kappa shape index (κ1) is 13.2. The van der Waals surface area contributed by atoms with E-state index < -0.39 is 0 Å². The molecule has 0 spiro atoms. The van der Waals surface area contributed by atoms with Gasteiger partial charge in [0.05, 0.1) is 6.10 Å². The average Bonchev–Trinajstić information content (AvgIpc) is 2.38. The number of benzene rings is 2. The van der Waals surface area contributed by atoms with Crippen molar-refractivity contribution in [2.24, 2.45) is 0 Å². The summed E-state index contributed by atoms with van der Waals surface area (Å²) < 4.78 is 0. The van der Waals surface area contributed by atoms with Crippen LogP contribution in [0.3, 0.4) is 0 Å². The fourth-order valence-electron chi connectivity index (χ4n) is 1.87. The second-order valence-corrected chi connectivity index (χ2v) is 5.50. The Kier molecular flexibility index (Phi) is 4.45. The lowest BCUT2D eigenvalue weighted by Gasteiger charge is -2.13. The Hall–Kier alpha value is -1.25. The summed E-state index contributed by atoms with van der Waals surface area (Å²) in [6, 6.07) is 16.5. The molecule has 0 aromatic heterocycles. The predicted molar refractivity (Wildman–Crippen MR) is 77.0 cm³/mol. The normalized spacial score (nSPS) is 12.4. The zero-order chi connectivity index (χ0) is 13.0. The number of hydrogen-bond acceptors (Lipinski definition) is 2. The third kappa shape index (κ3) is 3.15. The number of aryl methyl sites for hydroxylation is 1. The van der Waals surface area contributed by atoms with E-state index in [0.717, 1.165) is 16.9 Å². The topological polar surface area (TPSA) is 20.2 Å². The van der Waals surface area contributed by atoms with Crippen LogP contribution in [0.25, 0.3) is 0 Å². The van der Waals surface area contributed by atoms with Crippen molar-refractivity contribution in [3.63, 3.8) is 0 Å². The molecule has 0 aliphatic rings. The highest BCUT2D eigenvalue weighted by Gasteiger charge is 2.10. The fourth-order valence-corrected chi connectivity index (χ4v) is 2.99. The van der Waals surface area contributed by atoms with E-state index in [0.29, 0.717) is 0 Å². The molecule has 0 saturated heterocycles. The first-order chi connectivity index (χ1) is 8.70. The number of rotatable bonds is 4. The van der Waals surface area contributed by atoms with Gasteiger partial charge < -0.3 is 5.11 Å². The van der Waals surface area contributed by atoms with Crippen molar-refractivity contribution in [3.8, 4) is 0 Å². The standard InChI is InChI=1S/C16H18OS/c1-3-15(17)14-9-4-5-10-16(14)18-13-8-6-7-12(2)11-13/h4-11,15,17H,3H2,1-2H3/t15-/m1/s1. The van der Waals surface area contributed by atoms with E-state index in [2.05, 4.69) is 37.3 Å². The second-order valence-electron chi connectivity index (χ2n) is 4.38. The number of aliphatic hydroxyl groups excluding tert-OH is 1. The minimum Gasteiger partial charge on any atom is -0.388 e. The zero-order valence-electron chi connectivity index (χ0n) is 10.8. The lowest BCUT2D eigenvalue weighted by Crippen LogP contribution is -1.97. The van der Waals surface area contributed by atoms with Crippen LogP contribution in [0, 0.1) is 6.92 Å². The molecule has 2 rings (SSSR count). The molecule has 0 aliphatic carbocycles. The average molecular weight is 258 g/mol. The lowest BCUT2D eigenvalue weighted by atomic mass is 10.1. The molecule has 1 N–H and O–H groups in total. The van der Waals surface area contributed by atoms with E-state index >= 15 is 0 Å². The third-order valence-electron chi connectivity index (χ3n) is 2.88. The van der Waals surface area contributed by atoms with Gasteiger partial charge in [-0.25, -0.2) is 0 Å². The van der Waals surface area contributed by atoms with Crippen molar-refractivity contribution in [2.45, 2.75) is 36.2 Å². The third-order valence-corrected chi connectivity index (χ3v) is 3.96. The van der Waals surface area contributed by atoms with Gasteiger partial charge in [0.25, 0.3) is 0 Å². The van der Waals surface area contributed by atoms with E-state index in [1.807, 2.05) is 25.1 Å². The molecule has 2 aromatic carbocycles. The number of aliphatic hydroxyl groups is 1. The summed E-state index contributed by atoms with van der Waals surface area (Å²) in [5.41, 5.74) is 2.28. The fraction of sp³-hybridized carbons (Fsp3) is 0.250. The molecule has 0 amide bonds. The monoisotopic (exact) mass is 258 g/mol. The Morgan fingerprint density at radius 3 is 2.61 bits per heavy atom. The molecule has 1 nitrogen and oxygen atoms in total. The lowest BCUT2D eigenvalue weighted by molar-refractivity contribution is 0.171. The van der Waals surface area contributed by atoms with Gasteiger partial charge in [0.2, 0.25) is 0 Å². The predicted octanol–water partition coefficient (Wildman–Crippen LogP) is 4.59. The largest absolute Gasteiger partial charge is 0.388 e. The van der Waals surface area contributed by atoms with E-state index in [-0.39, 0.29) is 6.10 Å². The molecule has 2 aromatic rings. The molecular weight excluding hydrogens is 240 g/mol. The summed E-state index contributed by atoms with van der Waals surface area (Å²) >= 11 is 1.71. The minimum absolute atomic E-state index is 0.376. The van der Waals surface area contributed by atoms with Gasteiger partial charge in [0, 0.05) is 9.79 Å². The van der Waals surface area contributed by atoms with Crippen molar-refractivity contribution in [3.05, 3.63) is 59.7 Å².